The lowest BCUT2D eigenvalue weighted by atomic mass is 10.1. The Bertz CT molecular complexity index is 591. The van der Waals surface area contributed by atoms with E-state index in [0.717, 1.165) is 23.8 Å². The Morgan fingerprint density at radius 3 is 2.29 bits per heavy atom. The summed E-state index contributed by atoms with van der Waals surface area (Å²) in [4.78, 5) is 2.40. The molecule has 0 aliphatic rings. The molecule has 0 fully saturated rings. The summed E-state index contributed by atoms with van der Waals surface area (Å²) in [7, 11) is 0. The maximum absolute atomic E-state index is 6.36. The highest BCUT2D eigenvalue weighted by molar-refractivity contribution is 6.31. The fourth-order valence-corrected chi connectivity index (χ4v) is 2.57. The van der Waals surface area contributed by atoms with Gasteiger partial charge in [-0.2, -0.15) is 0 Å². The smallest absolute Gasteiger partial charge is 0.0453 e. The first-order valence-electron chi connectivity index (χ1n) is 7.29. The number of nitrogens with zero attached hydrogens (tertiary/aromatic N) is 1. The molecule has 0 aliphatic carbocycles. The predicted octanol–water partition coefficient (Wildman–Crippen LogP) is 4.64. The van der Waals surface area contributed by atoms with E-state index in [4.69, 9.17) is 17.3 Å². The van der Waals surface area contributed by atoms with Crippen molar-refractivity contribution < 1.29 is 0 Å². The Balaban J connectivity index is 2.13. The summed E-state index contributed by atoms with van der Waals surface area (Å²) >= 11 is 6.36. The number of hydrogen-bond acceptors (Lipinski definition) is 2. The minimum Gasteiger partial charge on any atom is -0.399 e. The average molecular weight is 303 g/mol. The lowest BCUT2D eigenvalue weighted by molar-refractivity contribution is 0.204. The van der Waals surface area contributed by atoms with Gasteiger partial charge in [-0.05, 0) is 55.7 Å². The van der Waals surface area contributed by atoms with Gasteiger partial charge in [-0.25, -0.2) is 0 Å². The van der Waals surface area contributed by atoms with Gasteiger partial charge in [-0.15, -0.1) is 0 Å². The number of halogens is 1. The Morgan fingerprint density at radius 2 is 1.71 bits per heavy atom. The minimum absolute atomic E-state index is 0.444. The molecule has 0 saturated heterocycles. The van der Waals surface area contributed by atoms with Gasteiger partial charge in [0.1, 0.15) is 0 Å². The summed E-state index contributed by atoms with van der Waals surface area (Å²) in [5.41, 5.74) is 10.2. The number of aryl methyl sites for hydroxylation is 1. The van der Waals surface area contributed by atoms with Crippen LogP contribution < -0.4 is 5.73 Å². The summed E-state index contributed by atoms with van der Waals surface area (Å²) < 4.78 is 0. The molecule has 2 aromatic rings. The molecule has 2 rings (SSSR count). The summed E-state index contributed by atoms with van der Waals surface area (Å²) in [6.45, 7) is 8.21. The van der Waals surface area contributed by atoms with Gasteiger partial charge in [0.25, 0.3) is 0 Å². The van der Waals surface area contributed by atoms with Crippen LogP contribution >= 0.6 is 11.6 Å². The van der Waals surface area contributed by atoms with Crippen molar-refractivity contribution in [1.82, 2.24) is 4.90 Å². The molecule has 2 N–H and O–H groups in total. The first-order valence-corrected chi connectivity index (χ1v) is 7.67. The zero-order chi connectivity index (χ0) is 15.4. The third kappa shape index (κ3) is 4.48. The zero-order valence-electron chi connectivity index (χ0n) is 12.9. The molecule has 0 saturated carbocycles. The molecule has 0 aliphatic heterocycles. The lowest BCUT2D eigenvalue weighted by Crippen LogP contribution is -2.29. The largest absolute Gasteiger partial charge is 0.399 e. The molecule has 0 atom stereocenters. The van der Waals surface area contributed by atoms with Crippen molar-refractivity contribution in [3.05, 3.63) is 64.2 Å². The second kappa shape index (κ2) is 6.97. The van der Waals surface area contributed by atoms with E-state index in [1.165, 1.54) is 16.7 Å². The quantitative estimate of drug-likeness (QED) is 0.815. The molecule has 0 spiro atoms. The van der Waals surface area contributed by atoms with Crippen molar-refractivity contribution >= 4 is 17.3 Å². The fourth-order valence-electron chi connectivity index (χ4n) is 2.28. The van der Waals surface area contributed by atoms with Crippen LogP contribution in [0.1, 0.15) is 30.5 Å². The molecule has 0 radical (unpaired) electrons. The van der Waals surface area contributed by atoms with E-state index >= 15 is 0 Å². The van der Waals surface area contributed by atoms with Crippen LogP contribution in [-0.2, 0) is 13.1 Å². The van der Waals surface area contributed by atoms with Crippen LogP contribution in [0.15, 0.2) is 42.5 Å². The molecule has 0 amide bonds. The van der Waals surface area contributed by atoms with Gasteiger partial charge in [0, 0.05) is 29.8 Å². The first kappa shape index (κ1) is 15.9. The second-order valence-corrected chi connectivity index (χ2v) is 6.24. The number of nitrogens with two attached hydrogens (primary N) is 1. The number of anilines is 1. The van der Waals surface area contributed by atoms with Crippen LogP contribution in [0.2, 0.25) is 5.02 Å². The summed E-state index contributed by atoms with van der Waals surface area (Å²) in [5.74, 6) is 0. The molecule has 3 heteroatoms. The van der Waals surface area contributed by atoms with E-state index in [2.05, 4.69) is 49.9 Å². The van der Waals surface area contributed by atoms with Crippen LogP contribution in [0.25, 0.3) is 0 Å². The molecule has 21 heavy (non-hydrogen) atoms. The number of benzene rings is 2. The summed E-state index contributed by atoms with van der Waals surface area (Å²) in [6, 6.07) is 14.8. The molecule has 0 bridgehead atoms. The number of rotatable bonds is 5. The van der Waals surface area contributed by atoms with E-state index in [0.29, 0.717) is 6.04 Å². The van der Waals surface area contributed by atoms with Gasteiger partial charge in [-0.1, -0.05) is 35.9 Å². The van der Waals surface area contributed by atoms with E-state index < -0.39 is 0 Å². The van der Waals surface area contributed by atoms with E-state index in [-0.39, 0.29) is 0 Å². The van der Waals surface area contributed by atoms with Crippen molar-refractivity contribution in [3.63, 3.8) is 0 Å². The molecule has 0 aromatic heterocycles. The second-order valence-electron chi connectivity index (χ2n) is 5.84. The average Bonchev–Trinajstić information content (AvgIpc) is 2.43. The summed E-state index contributed by atoms with van der Waals surface area (Å²) in [5, 5.41) is 0.845. The highest BCUT2D eigenvalue weighted by Gasteiger charge is 2.13. The van der Waals surface area contributed by atoms with Crippen molar-refractivity contribution in [1.29, 1.82) is 0 Å². The third-order valence-electron chi connectivity index (χ3n) is 3.68. The van der Waals surface area contributed by atoms with Crippen molar-refractivity contribution in [2.45, 2.75) is 39.9 Å². The van der Waals surface area contributed by atoms with Crippen molar-refractivity contribution in [3.8, 4) is 0 Å². The van der Waals surface area contributed by atoms with Gasteiger partial charge in [0.15, 0.2) is 0 Å². The van der Waals surface area contributed by atoms with Crippen LogP contribution in [0.5, 0.6) is 0 Å². The molecule has 0 heterocycles. The van der Waals surface area contributed by atoms with Gasteiger partial charge >= 0.3 is 0 Å². The number of nitrogen functional groups attached to an aromatic ring is 1. The van der Waals surface area contributed by atoms with Gasteiger partial charge in [0.2, 0.25) is 0 Å². The Hall–Kier alpha value is -1.51. The molecule has 2 aromatic carbocycles. The Morgan fingerprint density at radius 1 is 1.05 bits per heavy atom. The Labute approximate surface area is 132 Å². The lowest BCUT2D eigenvalue weighted by Gasteiger charge is -2.27. The van der Waals surface area contributed by atoms with E-state index in [1.807, 2.05) is 18.2 Å². The molecule has 0 unspecified atom stereocenters. The van der Waals surface area contributed by atoms with Crippen molar-refractivity contribution in [2.24, 2.45) is 0 Å². The van der Waals surface area contributed by atoms with E-state index in [9.17, 15) is 0 Å². The van der Waals surface area contributed by atoms with Crippen LogP contribution in [-0.4, -0.2) is 10.9 Å². The highest BCUT2D eigenvalue weighted by Crippen LogP contribution is 2.21. The first-order chi connectivity index (χ1) is 9.95. The fraction of sp³-hybridized carbons (Fsp3) is 0.333. The van der Waals surface area contributed by atoms with Crippen LogP contribution in [0.3, 0.4) is 0 Å². The molecular weight excluding hydrogens is 280 g/mol. The van der Waals surface area contributed by atoms with Gasteiger partial charge in [0.05, 0.1) is 0 Å². The monoisotopic (exact) mass is 302 g/mol. The summed E-state index contributed by atoms with van der Waals surface area (Å²) in [6.07, 6.45) is 0. The standard InChI is InChI=1S/C18H23ClN2/c1-13(2)21(11-15-5-8-17(20)9-6-15)12-16-7-4-14(3)10-18(16)19/h4-10,13H,11-12,20H2,1-3H3. The minimum atomic E-state index is 0.444. The van der Waals surface area contributed by atoms with Gasteiger partial charge in [-0.3, -0.25) is 4.90 Å². The third-order valence-corrected chi connectivity index (χ3v) is 4.03. The highest BCUT2D eigenvalue weighted by atomic mass is 35.5. The van der Waals surface area contributed by atoms with Gasteiger partial charge < -0.3 is 5.73 Å². The van der Waals surface area contributed by atoms with Crippen molar-refractivity contribution in [2.75, 3.05) is 5.73 Å². The molecule has 112 valence electrons. The normalized spacial score (nSPS) is 11.3. The SMILES string of the molecule is Cc1ccc(CN(Cc2ccc(N)cc2)C(C)C)c(Cl)c1. The molecular formula is C18H23ClN2. The Kier molecular flexibility index (Phi) is 5.27. The van der Waals surface area contributed by atoms with E-state index in [1.54, 1.807) is 0 Å². The predicted molar refractivity (Wildman–Crippen MR) is 91.4 cm³/mol. The zero-order valence-corrected chi connectivity index (χ0v) is 13.7. The maximum Gasteiger partial charge on any atom is 0.0453 e. The topological polar surface area (TPSA) is 29.3 Å². The molecule has 2 nitrogen and oxygen atoms in total. The number of hydrogen-bond donors (Lipinski definition) is 1. The van der Waals surface area contributed by atoms with Crippen LogP contribution in [0.4, 0.5) is 5.69 Å². The maximum atomic E-state index is 6.36. The van der Waals surface area contributed by atoms with Crippen LogP contribution in [0, 0.1) is 6.92 Å².